The van der Waals surface area contributed by atoms with Crippen LogP contribution in [0.3, 0.4) is 0 Å². The van der Waals surface area contributed by atoms with Crippen molar-refractivity contribution >= 4 is 23.2 Å². The van der Waals surface area contributed by atoms with Crippen LogP contribution in [0.2, 0.25) is 0 Å². The number of carbonyl (C=O) groups excluding carboxylic acids is 1. The lowest BCUT2D eigenvalue weighted by Crippen LogP contribution is -2.28. The smallest absolute Gasteiger partial charge is 0.421 e. The third kappa shape index (κ3) is 4.88. The highest BCUT2D eigenvalue weighted by Gasteiger charge is 2.36. The van der Waals surface area contributed by atoms with E-state index in [1.165, 1.54) is 31.6 Å². The van der Waals surface area contributed by atoms with Gasteiger partial charge in [-0.15, -0.1) is 21.5 Å². The van der Waals surface area contributed by atoms with Gasteiger partial charge in [0.05, 0.1) is 5.56 Å². The molecule has 176 valence electrons. The average Bonchev–Trinajstić information content (AvgIpc) is 3.39. The third-order valence-corrected chi connectivity index (χ3v) is 5.60. The summed E-state index contributed by atoms with van der Waals surface area (Å²) in [4.78, 5) is 24.3. The molecule has 0 aliphatic rings. The molecule has 4 rings (SSSR count). The molecule has 0 aliphatic heterocycles. The summed E-state index contributed by atoms with van der Waals surface area (Å²) < 4.78 is 45.7. The molecule has 0 aromatic carbocycles. The minimum Gasteiger partial charge on any atom is -0.421 e. The molecule has 0 aliphatic carbocycles. The van der Waals surface area contributed by atoms with E-state index in [4.69, 9.17) is 4.42 Å². The molecule has 0 spiro atoms. The molecule has 4 aromatic rings. The first kappa shape index (κ1) is 23.3. The van der Waals surface area contributed by atoms with Crippen LogP contribution in [-0.2, 0) is 6.18 Å². The number of nitrogens with zero attached hydrogens (tertiary/aromatic N) is 5. The lowest BCUT2D eigenvalue weighted by molar-refractivity contribution is -0.141. The Morgan fingerprint density at radius 1 is 1.09 bits per heavy atom. The lowest BCUT2D eigenvalue weighted by atomic mass is 10.0. The number of hydrogen-bond acceptors (Lipinski definition) is 8. The molecule has 0 unspecified atom stereocenters. The van der Waals surface area contributed by atoms with Gasteiger partial charge in [-0.05, 0) is 26.0 Å². The molecule has 13 heteroatoms. The van der Waals surface area contributed by atoms with E-state index >= 15 is 0 Å². The number of hydrogen-bond donors (Lipinski definition) is 2. The minimum absolute atomic E-state index is 0.0247. The lowest BCUT2D eigenvalue weighted by Gasteiger charge is -2.11. The van der Waals surface area contributed by atoms with Crippen LogP contribution < -0.4 is 10.6 Å². The van der Waals surface area contributed by atoms with Gasteiger partial charge in [0.2, 0.25) is 11.8 Å². The number of amides is 2. The first-order valence-corrected chi connectivity index (χ1v) is 10.8. The van der Waals surface area contributed by atoms with Crippen molar-refractivity contribution in [3.63, 3.8) is 0 Å². The van der Waals surface area contributed by atoms with Crippen LogP contribution in [0.15, 0.2) is 35.1 Å². The summed E-state index contributed by atoms with van der Waals surface area (Å²) in [6.45, 7) is 5.16. The second-order valence-electron chi connectivity index (χ2n) is 7.11. The van der Waals surface area contributed by atoms with Gasteiger partial charge >= 0.3 is 12.2 Å². The highest BCUT2D eigenvalue weighted by Crippen LogP contribution is 2.41. The topological polar surface area (TPSA) is 119 Å². The number of halogens is 3. The molecule has 0 bridgehead atoms. The van der Waals surface area contributed by atoms with Crippen molar-refractivity contribution in [2.75, 3.05) is 11.9 Å². The normalized spacial score (nSPS) is 11.5. The number of aryl methyl sites for hydroxylation is 2. The Labute approximate surface area is 195 Å². The number of nitrogens with one attached hydrogen (secondary N) is 2. The maximum absolute atomic E-state index is 13.4. The number of urea groups is 1. The van der Waals surface area contributed by atoms with E-state index in [9.17, 15) is 18.0 Å². The molecular weight excluding hydrogens is 471 g/mol. The monoisotopic (exact) mass is 489 g/mol. The van der Waals surface area contributed by atoms with Crippen LogP contribution in [0.5, 0.6) is 0 Å². The van der Waals surface area contributed by atoms with Crippen molar-refractivity contribution in [3.8, 4) is 33.2 Å². The van der Waals surface area contributed by atoms with Gasteiger partial charge in [0, 0.05) is 53.6 Å². The Balaban J connectivity index is 1.84. The van der Waals surface area contributed by atoms with Crippen molar-refractivity contribution in [1.82, 2.24) is 30.5 Å². The van der Waals surface area contributed by atoms with Crippen molar-refractivity contribution in [1.29, 1.82) is 0 Å². The summed E-state index contributed by atoms with van der Waals surface area (Å²) in [6.07, 6.45) is -0.0781. The largest absolute Gasteiger partial charge is 0.434 e. The molecule has 0 atom stereocenters. The molecular formula is C21H18F3N7O2S. The summed E-state index contributed by atoms with van der Waals surface area (Å²) in [5.74, 6) is 0.782. The van der Waals surface area contributed by atoms with Crippen LogP contribution in [0.25, 0.3) is 33.2 Å². The highest BCUT2D eigenvalue weighted by molar-refractivity contribution is 7.15. The second kappa shape index (κ2) is 9.17. The average molecular weight is 489 g/mol. The molecule has 0 saturated heterocycles. The number of anilines is 1. The Morgan fingerprint density at radius 2 is 1.85 bits per heavy atom. The molecule has 0 radical (unpaired) electrons. The van der Waals surface area contributed by atoms with Crippen LogP contribution >= 0.6 is 11.3 Å². The number of carbonyl (C=O) groups is 1. The highest BCUT2D eigenvalue weighted by atomic mass is 32.1. The summed E-state index contributed by atoms with van der Waals surface area (Å²) >= 11 is 0.896. The van der Waals surface area contributed by atoms with E-state index in [2.05, 4.69) is 35.8 Å². The third-order valence-electron chi connectivity index (χ3n) is 4.60. The molecule has 0 fully saturated rings. The van der Waals surface area contributed by atoms with E-state index in [0.29, 0.717) is 34.7 Å². The van der Waals surface area contributed by atoms with E-state index in [1.807, 2.05) is 0 Å². The minimum atomic E-state index is -4.59. The van der Waals surface area contributed by atoms with Gasteiger partial charge in [-0.3, -0.25) is 10.3 Å². The summed E-state index contributed by atoms with van der Waals surface area (Å²) in [5.41, 5.74) is 0.934. The standard InChI is InChI=1S/C21H18F3N7O2S/c1-4-26-20(32)28-16-6-14(19-29-17(10(2)34-19)21(22,23)24)15(9-27-16)12-5-13(8-25-7-12)18-31-30-11(3)33-18/h5-9H,4H2,1-3H3,(H2,26,27,28,32). The zero-order valence-corrected chi connectivity index (χ0v) is 19.0. The van der Waals surface area contributed by atoms with Crippen molar-refractivity contribution in [2.45, 2.75) is 26.9 Å². The van der Waals surface area contributed by atoms with Crippen LogP contribution in [0.1, 0.15) is 23.4 Å². The van der Waals surface area contributed by atoms with Crippen LogP contribution in [-0.4, -0.2) is 37.7 Å². The number of aromatic nitrogens is 5. The van der Waals surface area contributed by atoms with Crippen molar-refractivity contribution in [3.05, 3.63) is 47.2 Å². The first-order valence-electron chi connectivity index (χ1n) is 10.0. The molecule has 0 saturated carbocycles. The molecule has 34 heavy (non-hydrogen) atoms. The Bertz CT molecular complexity index is 1350. The van der Waals surface area contributed by atoms with Crippen molar-refractivity contribution in [2.24, 2.45) is 0 Å². The van der Waals surface area contributed by atoms with Gasteiger partial charge < -0.3 is 9.73 Å². The predicted molar refractivity (Wildman–Crippen MR) is 119 cm³/mol. The van der Waals surface area contributed by atoms with Gasteiger partial charge in [0.1, 0.15) is 10.8 Å². The predicted octanol–water partition coefficient (Wildman–Crippen LogP) is 5.09. The Morgan fingerprint density at radius 3 is 2.50 bits per heavy atom. The van der Waals surface area contributed by atoms with Crippen LogP contribution in [0.4, 0.5) is 23.8 Å². The number of thiazole rings is 1. The van der Waals surface area contributed by atoms with Crippen molar-refractivity contribution < 1.29 is 22.4 Å². The fourth-order valence-electron chi connectivity index (χ4n) is 3.14. The second-order valence-corrected chi connectivity index (χ2v) is 8.31. The van der Waals surface area contributed by atoms with E-state index in [0.717, 1.165) is 11.3 Å². The number of pyridine rings is 2. The van der Waals surface area contributed by atoms with Gasteiger partial charge in [-0.25, -0.2) is 14.8 Å². The zero-order valence-electron chi connectivity index (χ0n) is 18.2. The maximum Gasteiger partial charge on any atom is 0.434 e. The van der Waals surface area contributed by atoms with Gasteiger partial charge in [0.25, 0.3) is 0 Å². The van der Waals surface area contributed by atoms with Crippen LogP contribution in [0, 0.1) is 13.8 Å². The fourth-order valence-corrected chi connectivity index (χ4v) is 4.11. The SMILES string of the molecule is CCNC(=O)Nc1cc(-c2nc(C(F)(F)F)c(C)s2)c(-c2cncc(-c3nnc(C)o3)c2)cn1. The number of rotatable bonds is 5. The van der Waals surface area contributed by atoms with E-state index < -0.39 is 17.9 Å². The first-order chi connectivity index (χ1) is 16.2. The molecule has 4 aromatic heterocycles. The summed E-state index contributed by atoms with van der Waals surface area (Å²) in [6, 6.07) is 2.70. The summed E-state index contributed by atoms with van der Waals surface area (Å²) in [7, 11) is 0. The van der Waals surface area contributed by atoms with Gasteiger partial charge in [-0.1, -0.05) is 0 Å². The molecule has 2 amide bonds. The summed E-state index contributed by atoms with van der Waals surface area (Å²) in [5, 5.41) is 13.0. The zero-order chi connectivity index (χ0) is 24.5. The Kier molecular flexibility index (Phi) is 6.28. The maximum atomic E-state index is 13.4. The van der Waals surface area contributed by atoms with E-state index in [1.54, 1.807) is 19.9 Å². The fraction of sp³-hybridized carbons (Fsp3) is 0.238. The number of alkyl halides is 3. The van der Waals surface area contributed by atoms with E-state index in [-0.39, 0.29) is 21.6 Å². The Hall–Kier alpha value is -3.87. The molecule has 2 N–H and O–H groups in total. The molecule has 9 nitrogen and oxygen atoms in total. The van der Waals surface area contributed by atoms with Gasteiger partial charge in [0.15, 0.2) is 5.69 Å². The van der Waals surface area contributed by atoms with Gasteiger partial charge in [-0.2, -0.15) is 13.2 Å². The molecule has 4 heterocycles. The quantitative estimate of drug-likeness (QED) is 0.401.